The minimum atomic E-state index is -0.280. The highest BCUT2D eigenvalue weighted by atomic mass is 32.1. The quantitative estimate of drug-likeness (QED) is 0.731. The number of rotatable bonds is 4. The van der Waals surface area contributed by atoms with Crippen molar-refractivity contribution in [3.05, 3.63) is 70.4 Å². The molecule has 0 spiro atoms. The number of carbonyl (C=O) groups is 1. The van der Waals surface area contributed by atoms with Crippen LogP contribution in [0.15, 0.2) is 48.5 Å². The van der Waals surface area contributed by atoms with Crippen LogP contribution in [0.3, 0.4) is 0 Å². The van der Waals surface area contributed by atoms with Crippen LogP contribution in [-0.2, 0) is 11.4 Å². The van der Waals surface area contributed by atoms with Gasteiger partial charge in [-0.1, -0.05) is 41.7 Å². The number of hydrogen-bond acceptors (Lipinski definition) is 5. The predicted octanol–water partition coefficient (Wildman–Crippen LogP) is 3.92. The van der Waals surface area contributed by atoms with Crippen molar-refractivity contribution in [3.8, 4) is 5.75 Å². The second-order valence-electron chi connectivity index (χ2n) is 6.02. The molecule has 0 saturated heterocycles. The van der Waals surface area contributed by atoms with Gasteiger partial charge in [0.05, 0.1) is 4.88 Å². The Morgan fingerprint density at radius 3 is 2.81 bits per heavy atom. The molecule has 5 nitrogen and oxygen atoms in total. The minimum absolute atomic E-state index is 0.0962. The van der Waals surface area contributed by atoms with Crippen molar-refractivity contribution in [2.24, 2.45) is 0 Å². The van der Waals surface area contributed by atoms with Gasteiger partial charge < -0.3 is 15.8 Å². The van der Waals surface area contributed by atoms with Gasteiger partial charge in [-0.05, 0) is 23.8 Å². The first-order valence-electron chi connectivity index (χ1n) is 8.12. The van der Waals surface area contributed by atoms with Gasteiger partial charge in [0.1, 0.15) is 24.0 Å². The molecule has 7 heteroatoms. The van der Waals surface area contributed by atoms with Crippen molar-refractivity contribution < 1.29 is 13.9 Å². The van der Waals surface area contributed by atoms with Crippen molar-refractivity contribution in [3.63, 3.8) is 0 Å². The van der Waals surface area contributed by atoms with Crippen molar-refractivity contribution in [2.45, 2.75) is 18.9 Å². The number of hydrogen-bond donors (Lipinski definition) is 2. The van der Waals surface area contributed by atoms with E-state index in [0.717, 1.165) is 16.0 Å². The molecule has 0 aliphatic carbocycles. The summed E-state index contributed by atoms with van der Waals surface area (Å²) in [6.07, 6.45) is 0.311. The number of anilines is 2. The standard InChI is InChI=1S/C19H16FN3O2S/c20-12-7-5-11(6-8-12)10-25-15-4-2-1-3-13(15)14-9-16(24)22-18-17(14)26-19(21)23-18/h1-8,14H,9-10H2,(H2,21,23)(H,22,24)/t14-/m1/s1. The van der Waals surface area contributed by atoms with Gasteiger partial charge in [-0.3, -0.25) is 4.79 Å². The predicted molar refractivity (Wildman–Crippen MR) is 98.8 cm³/mol. The number of ether oxygens (including phenoxy) is 1. The van der Waals surface area contributed by atoms with Crippen LogP contribution >= 0.6 is 11.3 Å². The van der Waals surface area contributed by atoms with Crippen LogP contribution in [-0.4, -0.2) is 10.9 Å². The first-order chi connectivity index (χ1) is 12.6. The molecule has 1 amide bonds. The summed E-state index contributed by atoms with van der Waals surface area (Å²) >= 11 is 1.37. The molecule has 26 heavy (non-hydrogen) atoms. The molecular weight excluding hydrogens is 353 g/mol. The molecule has 132 valence electrons. The summed E-state index contributed by atoms with van der Waals surface area (Å²) in [5.41, 5.74) is 7.60. The van der Waals surface area contributed by atoms with Gasteiger partial charge in [0.15, 0.2) is 5.13 Å². The Balaban J connectivity index is 1.63. The maximum atomic E-state index is 13.0. The number of nitrogen functional groups attached to an aromatic ring is 1. The second-order valence-corrected chi connectivity index (χ2v) is 7.09. The van der Waals surface area contributed by atoms with E-state index < -0.39 is 0 Å². The summed E-state index contributed by atoms with van der Waals surface area (Å²) in [5.74, 6) is 0.688. The SMILES string of the molecule is Nc1nc2c(s1)[C@@H](c1ccccc1OCc1ccc(F)cc1)CC(=O)N2. The number of aromatic nitrogens is 1. The maximum absolute atomic E-state index is 13.0. The smallest absolute Gasteiger partial charge is 0.226 e. The average molecular weight is 369 g/mol. The summed E-state index contributed by atoms with van der Waals surface area (Å²) in [6, 6.07) is 13.8. The van der Waals surface area contributed by atoms with E-state index >= 15 is 0 Å². The number of nitrogens with zero attached hydrogens (tertiary/aromatic N) is 1. The van der Waals surface area contributed by atoms with E-state index in [9.17, 15) is 9.18 Å². The Hall–Kier alpha value is -2.93. The van der Waals surface area contributed by atoms with Crippen LogP contribution in [0.5, 0.6) is 5.75 Å². The van der Waals surface area contributed by atoms with E-state index in [2.05, 4.69) is 10.3 Å². The fraction of sp³-hybridized carbons (Fsp3) is 0.158. The van der Waals surface area contributed by atoms with E-state index in [4.69, 9.17) is 10.5 Å². The lowest BCUT2D eigenvalue weighted by Gasteiger charge is -2.23. The molecule has 2 aromatic carbocycles. The molecule has 1 aromatic heterocycles. The summed E-state index contributed by atoms with van der Waals surface area (Å²) in [6.45, 7) is 0.313. The zero-order valence-electron chi connectivity index (χ0n) is 13.7. The highest BCUT2D eigenvalue weighted by Crippen LogP contribution is 2.44. The fourth-order valence-electron chi connectivity index (χ4n) is 3.03. The normalized spacial score (nSPS) is 16.0. The Labute approximate surface area is 153 Å². The van der Waals surface area contributed by atoms with E-state index in [1.165, 1.54) is 23.5 Å². The summed E-state index contributed by atoms with van der Waals surface area (Å²) in [5, 5.41) is 3.19. The van der Waals surface area contributed by atoms with Crippen molar-refractivity contribution in [1.82, 2.24) is 4.98 Å². The third-order valence-corrected chi connectivity index (χ3v) is 5.23. The number of halogens is 1. The molecule has 1 aliphatic rings. The number of carbonyl (C=O) groups excluding carboxylic acids is 1. The second kappa shape index (κ2) is 6.76. The molecule has 0 unspecified atom stereocenters. The Bertz CT molecular complexity index is 956. The number of nitrogens with two attached hydrogens (primary N) is 1. The number of benzene rings is 2. The molecule has 4 rings (SSSR count). The highest BCUT2D eigenvalue weighted by molar-refractivity contribution is 7.16. The van der Waals surface area contributed by atoms with Gasteiger partial charge in [-0.2, -0.15) is 0 Å². The first kappa shape index (κ1) is 16.5. The number of amides is 1. The fourth-order valence-corrected chi connectivity index (χ4v) is 3.94. The summed E-state index contributed by atoms with van der Waals surface area (Å²) < 4.78 is 19.0. The van der Waals surface area contributed by atoms with Gasteiger partial charge in [0, 0.05) is 17.9 Å². The zero-order chi connectivity index (χ0) is 18.1. The third-order valence-electron chi connectivity index (χ3n) is 4.24. The number of thiazole rings is 1. The van der Waals surface area contributed by atoms with Gasteiger partial charge in [-0.25, -0.2) is 9.37 Å². The monoisotopic (exact) mass is 369 g/mol. The molecule has 3 N–H and O–H groups in total. The maximum Gasteiger partial charge on any atom is 0.226 e. The molecular formula is C19H16FN3O2S. The average Bonchev–Trinajstić information content (AvgIpc) is 3.01. The van der Waals surface area contributed by atoms with Crippen LogP contribution in [0.2, 0.25) is 0 Å². The van der Waals surface area contributed by atoms with Crippen molar-refractivity contribution >= 4 is 28.2 Å². The molecule has 3 aromatic rings. The molecule has 0 saturated carbocycles. The van der Waals surface area contributed by atoms with E-state index in [-0.39, 0.29) is 17.6 Å². The van der Waals surface area contributed by atoms with Crippen LogP contribution in [0.4, 0.5) is 15.3 Å². The lowest BCUT2D eigenvalue weighted by atomic mass is 9.91. The molecule has 0 radical (unpaired) electrons. The largest absolute Gasteiger partial charge is 0.489 e. The lowest BCUT2D eigenvalue weighted by molar-refractivity contribution is -0.116. The lowest BCUT2D eigenvalue weighted by Crippen LogP contribution is -2.23. The summed E-state index contributed by atoms with van der Waals surface area (Å²) in [4.78, 5) is 17.2. The van der Waals surface area contributed by atoms with Crippen LogP contribution < -0.4 is 15.8 Å². The Morgan fingerprint density at radius 1 is 1.23 bits per heavy atom. The summed E-state index contributed by atoms with van der Waals surface area (Å²) in [7, 11) is 0. The molecule has 1 aliphatic heterocycles. The number of nitrogens with one attached hydrogen (secondary N) is 1. The number of fused-ring (bicyclic) bond motifs is 1. The topological polar surface area (TPSA) is 77.2 Å². The van der Waals surface area contributed by atoms with Crippen molar-refractivity contribution in [2.75, 3.05) is 11.1 Å². The first-order valence-corrected chi connectivity index (χ1v) is 8.94. The minimum Gasteiger partial charge on any atom is -0.489 e. The molecule has 0 bridgehead atoms. The number of para-hydroxylation sites is 1. The van der Waals surface area contributed by atoms with Gasteiger partial charge >= 0.3 is 0 Å². The van der Waals surface area contributed by atoms with Gasteiger partial charge in [0.2, 0.25) is 5.91 Å². The van der Waals surface area contributed by atoms with E-state index in [1.807, 2.05) is 24.3 Å². The molecule has 0 fully saturated rings. The molecule has 2 heterocycles. The van der Waals surface area contributed by atoms with Gasteiger partial charge in [-0.15, -0.1) is 0 Å². The van der Waals surface area contributed by atoms with Crippen molar-refractivity contribution in [1.29, 1.82) is 0 Å². The zero-order valence-corrected chi connectivity index (χ0v) is 14.6. The third kappa shape index (κ3) is 3.25. The van der Waals surface area contributed by atoms with Gasteiger partial charge in [0.25, 0.3) is 0 Å². The van der Waals surface area contributed by atoms with Crippen LogP contribution in [0, 0.1) is 5.82 Å². The molecule has 1 atom stereocenters. The van der Waals surface area contributed by atoms with Crippen LogP contribution in [0.25, 0.3) is 0 Å². The Morgan fingerprint density at radius 2 is 2.00 bits per heavy atom. The van der Waals surface area contributed by atoms with E-state index in [1.54, 1.807) is 12.1 Å². The highest BCUT2D eigenvalue weighted by Gasteiger charge is 2.31. The van der Waals surface area contributed by atoms with Crippen LogP contribution in [0.1, 0.15) is 28.3 Å². The Kier molecular flexibility index (Phi) is 4.30. The van der Waals surface area contributed by atoms with E-state index in [0.29, 0.717) is 29.7 Å².